The topological polar surface area (TPSA) is 81.7 Å². The van der Waals surface area contributed by atoms with E-state index in [0.29, 0.717) is 18.4 Å². The third-order valence-corrected chi connectivity index (χ3v) is 4.80. The quantitative estimate of drug-likeness (QED) is 0.385. The summed E-state index contributed by atoms with van der Waals surface area (Å²) in [6, 6.07) is 0. The van der Waals surface area contributed by atoms with Gasteiger partial charge in [0.25, 0.3) is 10.1 Å². The Hall–Kier alpha value is -0.660. The Balaban J connectivity index is 2.07. The van der Waals surface area contributed by atoms with Crippen molar-refractivity contribution >= 4 is 16.1 Å². The van der Waals surface area contributed by atoms with E-state index < -0.39 is 15.7 Å². The van der Waals surface area contributed by atoms with E-state index in [9.17, 15) is 13.2 Å². The van der Waals surface area contributed by atoms with Crippen LogP contribution < -0.4 is 5.32 Å². The molecule has 1 N–H and O–H groups in total. The van der Waals surface area contributed by atoms with E-state index in [1.165, 1.54) is 0 Å². The third-order valence-electron chi connectivity index (χ3n) is 4.21. The third kappa shape index (κ3) is 11.0. The minimum absolute atomic E-state index is 0.211. The summed E-state index contributed by atoms with van der Waals surface area (Å²) in [7, 11) is -3.32. The van der Waals surface area contributed by atoms with Crippen LogP contribution in [-0.2, 0) is 23.8 Å². The van der Waals surface area contributed by atoms with E-state index in [4.69, 9.17) is 8.92 Å². The lowest BCUT2D eigenvalue weighted by Gasteiger charge is -2.28. The summed E-state index contributed by atoms with van der Waals surface area (Å²) in [6.45, 7) is 6.98. The molecule has 7 heteroatoms. The molecule has 0 amide bonds. The molecule has 0 aromatic carbocycles. The highest BCUT2D eigenvalue weighted by Gasteiger charge is 2.21. The van der Waals surface area contributed by atoms with Crippen molar-refractivity contribution in [1.82, 2.24) is 5.32 Å². The molecule has 1 saturated carbocycles. The fourth-order valence-corrected chi connectivity index (χ4v) is 3.45. The zero-order valence-electron chi connectivity index (χ0n) is 15.5. The van der Waals surface area contributed by atoms with Gasteiger partial charge in [-0.15, -0.1) is 0 Å². The van der Waals surface area contributed by atoms with Crippen molar-refractivity contribution in [2.24, 2.45) is 11.8 Å². The van der Waals surface area contributed by atoms with Crippen LogP contribution in [0.25, 0.3) is 0 Å². The Morgan fingerprint density at radius 1 is 1.08 bits per heavy atom. The Labute approximate surface area is 146 Å². The second kappa shape index (κ2) is 9.73. The zero-order chi connectivity index (χ0) is 18.2. The number of esters is 1. The van der Waals surface area contributed by atoms with Crippen LogP contribution in [0.3, 0.4) is 0 Å². The van der Waals surface area contributed by atoms with Crippen molar-refractivity contribution in [2.45, 2.75) is 64.9 Å². The van der Waals surface area contributed by atoms with Gasteiger partial charge in [-0.2, -0.15) is 8.42 Å². The molecular formula is C17H33NO5S. The molecule has 0 aromatic rings. The summed E-state index contributed by atoms with van der Waals surface area (Å²) >= 11 is 0. The molecular weight excluding hydrogens is 330 g/mol. The van der Waals surface area contributed by atoms with Crippen LogP contribution in [0, 0.1) is 11.8 Å². The van der Waals surface area contributed by atoms with Gasteiger partial charge in [0.05, 0.1) is 19.4 Å². The van der Waals surface area contributed by atoms with E-state index in [1.807, 2.05) is 20.8 Å². The van der Waals surface area contributed by atoms with Gasteiger partial charge < -0.3 is 10.1 Å². The van der Waals surface area contributed by atoms with Gasteiger partial charge in [-0.3, -0.25) is 8.98 Å². The number of rotatable bonds is 9. The Morgan fingerprint density at radius 3 is 2.12 bits per heavy atom. The highest BCUT2D eigenvalue weighted by molar-refractivity contribution is 7.85. The van der Waals surface area contributed by atoms with Crippen LogP contribution in [0.5, 0.6) is 0 Å². The molecule has 0 radical (unpaired) electrons. The molecule has 142 valence electrons. The normalized spacial score (nSPS) is 22.3. The van der Waals surface area contributed by atoms with Crippen LogP contribution in [0.1, 0.15) is 59.3 Å². The Kier molecular flexibility index (Phi) is 8.67. The van der Waals surface area contributed by atoms with Crippen LogP contribution in [0.2, 0.25) is 0 Å². The average Bonchev–Trinajstić information content (AvgIpc) is 2.42. The van der Waals surface area contributed by atoms with E-state index in [1.54, 1.807) is 0 Å². The Morgan fingerprint density at radius 2 is 1.62 bits per heavy atom. The van der Waals surface area contributed by atoms with Gasteiger partial charge in [-0.25, -0.2) is 0 Å². The van der Waals surface area contributed by atoms with Crippen molar-refractivity contribution < 1.29 is 22.1 Å². The summed E-state index contributed by atoms with van der Waals surface area (Å²) in [5.74, 6) is 1.04. The second-order valence-electron chi connectivity index (χ2n) is 7.75. The summed E-state index contributed by atoms with van der Waals surface area (Å²) < 4.78 is 31.9. The van der Waals surface area contributed by atoms with Crippen molar-refractivity contribution in [1.29, 1.82) is 0 Å². The first kappa shape index (κ1) is 21.4. The SMILES string of the molecule is CC(C)(C)OC(=O)CNCCC1CCC(CCOS(C)(=O)=O)CC1. The fraction of sp³-hybridized carbons (Fsp3) is 0.941. The maximum absolute atomic E-state index is 11.6. The first-order valence-electron chi connectivity index (χ1n) is 8.82. The summed E-state index contributed by atoms with van der Waals surface area (Å²) in [6.07, 6.45) is 7.56. The van der Waals surface area contributed by atoms with Gasteiger partial charge >= 0.3 is 5.97 Å². The summed E-state index contributed by atoms with van der Waals surface area (Å²) in [5.41, 5.74) is -0.433. The number of hydrogen-bond acceptors (Lipinski definition) is 6. The standard InChI is InChI=1S/C17H33NO5S/c1-17(2,3)23-16(19)13-18-11-9-14-5-7-15(8-6-14)10-12-22-24(4,20)21/h14-15,18H,5-13H2,1-4H3. The monoisotopic (exact) mass is 363 g/mol. The molecule has 0 aromatic heterocycles. The van der Waals surface area contributed by atoms with Gasteiger partial charge in [-0.1, -0.05) is 25.7 Å². The molecule has 0 atom stereocenters. The molecule has 1 aliphatic rings. The van der Waals surface area contributed by atoms with E-state index in [-0.39, 0.29) is 12.5 Å². The van der Waals surface area contributed by atoms with E-state index in [0.717, 1.165) is 51.3 Å². The minimum atomic E-state index is -3.32. The second-order valence-corrected chi connectivity index (χ2v) is 9.40. The molecule has 0 aliphatic heterocycles. The fourth-order valence-electron chi connectivity index (χ4n) is 3.05. The molecule has 1 fully saturated rings. The van der Waals surface area contributed by atoms with Gasteiger partial charge in [0.2, 0.25) is 0 Å². The smallest absolute Gasteiger partial charge is 0.320 e. The van der Waals surface area contributed by atoms with Gasteiger partial charge in [0.1, 0.15) is 5.60 Å². The van der Waals surface area contributed by atoms with Crippen LogP contribution in [-0.4, -0.2) is 45.9 Å². The van der Waals surface area contributed by atoms with Gasteiger partial charge in [-0.05, 0) is 52.0 Å². The number of nitrogens with one attached hydrogen (secondary N) is 1. The lowest BCUT2D eigenvalue weighted by molar-refractivity contribution is -0.153. The highest BCUT2D eigenvalue weighted by atomic mass is 32.2. The predicted octanol–water partition coefficient (Wildman–Crippen LogP) is 2.48. The molecule has 1 rings (SSSR count). The van der Waals surface area contributed by atoms with Crippen molar-refractivity contribution in [2.75, 3.05) is 26.0 Å². The Bertz CT molecular complexity index is 476. The van der Waals surface area contributed by atoms with Gasteiger partial charge in [0.15, 0.2) is 0 Å². The lowest BCUT2D eigenvalue weighted by atomic mass is 9.79. The van der Waals surface area contributed by atoms with E-state index >= 15 is 0 Å². The molecule has 0 spiro atoms. The predicted molar refractivity (Wildman–Crippen MR) is 94.2 cm³/mol. The van der Waals surface area contributed by atoms with Crippen molar-refractivity contribution in [3.63, 3.8) is 0 Å². The maximum atomic E-state index is 11.6. The molecule has 6 nitrogen and oxygen atoms in total. The average molecular weight is 364 g/mol. The van der Waals surface area contributed by atoms with E-state index in [2.05, 4.69) is 5.32 Å². The zero-order valence-corrected chi connectivity index (χ0v) is 16.3. The first-order chi connectivity index (χ1) is 11.1. The highest BCUT2D eigenvalue weighted by Crippen LogP contribution is 2.32. The largest absolute Gasteiger partial charge is 0.459 e. The van der Waals surface area contributed by atoms with Crippen LogP contribution >= 0.6 is 0 Å². The van der Waals surface area contributed by atoms with Crippen LogP contribution in [0.4, 0.5) is 0 Å². The molecule has 24 heavy (non-hydrogen) atoms. The maximum Gasteiger partial charge on any atom is 0.320 e. The molecule has 0 heterocycles. The molecule has 0 unspecified atom stereocenters. The van der Waals surface area contributed by atoms with Crippen molar-refractivity contribution in [3.05, 3.63) is 0 Å². The lowest BCUT2D eigenvalue weighted by Crippen LogP contribution is -2.32. The molecule has 0 bridgehead atoms. The van der Waals surface area contributed by atoms with Gasteiger partial charge in [0, 0.05) is 0 Å². The number of carbonyl (C=O) groups is 1. The first-order valence-corrected chi connectivity index (χ1v) is 10.6. The molecule has 1 aliphatic carbocycles. The minimum Gasteiger partial charge on any atom is -0.459 e. The van der Waals surface area contributed by atoms with Crippen LogP contribution in [0.15, 0.2) is 0 Å². The summed E-state index contributed by atoms with van der Waals surface area (Å²) in [5, 5.41) is 3.16. The van der Waals surface area contributed by atoms with Crippen molar-refractivity contribution in [3.8, 4) is 0 Å². The number of ether oxygens (including phenoxy) is 1. The number of carbonyl (C=O) groups excluding carboxylic acids is 1. The summed E-state index contributed by atoms with van der Waals surface area (Å²) in [4.78, 5) is 11.6. The molecule has 0 saturated heterocycles. The number of hydrogen-bond donors (Lipinski definition) is 1.